The fourth-order valence-electron chi connectivity index (χ4n) is 1.93. The smallest absolute Gasteiger partial charge is 0.280 e. The molecule has 0 radical (unpaired) electrons. The molecule has 0 aliphatic carbocycles. The monoisotopic (exact) mass is 350 g/mol. The van der Waals surface area contributed by atoms with E-state index in [4.69, 9.17) is 39.0 Å². The summed E-state index contributed by atoms with van der Waals surface area (Å²) < 4.78 is 12.0. The molecule has 0 bridgehead atoms. The third kappa shape index (κ3) is 2.85. The van der Waals surface area contributed by atoms with Gasteiger partial charge in [-0.2, -0.15) is 0 Å². The van der Waals surface area contributed by atoms with Crippen LogP contribution in [0.5, 0.6) is 10.9 Å². The molecule has 0 atom stereocenters. The number of nitrogens with zero attached hydrogens (tertiary/aromatic N) is 1. The van der Waals surface area contributed by atoms with Gasteiger partial charge in [0.2, 0.25) is 5.05 Å². The Morgan fingerprint density at radius 3 is 2.82 bits per heavy atom. The molecule has 3 aromatic rings. The summed E-state index contributed by atoms with van der Waals surface area (Å²) in [4.78, 5) is 4.38. The number of anilines is 1. The van der Waals surface area contributed by atoms with Crippen LogP contribution in [0.4, 0.5) is 5.69 Å². The number of hydrogen-bond acceptors (Lipinski definition) is 6. The summed E-state index contributed by atoms with van der Waals surface area (Å²) in [5, 5.41) is 1.10. The Morgan fingerprint density at radius 2 is 2.09 bits per heavy atom. The highest BCUT2D eigenvalue weighted by atomic mass is 35.5. The summed E-state index contributed by atoms with van der Waals surface area (Å²) in [5.41, 5.74) is 7.62. The summed E-state index contributed by atoms with van der Waals surface area (Å²) >= 11 is 12.8. The van der Waals surface area contributed by atoms with Crippen molar-refractivity contribution in [3.8, 4) is 10.9 Å². The zero-order valence-corrected chi connectivity index (χ0v) is 13.9. The molecule has 0 saturated carbocycles. The van der Waals surface area contributed by atoms with Crippen molar-refractivity contribution < 1.29 is 9.47 Å². The van der Waals surface area contributed by atoms with Crippen molar-refractivity contribution in [1.82, 2.24) is 4.98 Å². The predicted molar refractivity (Wildman–Crippen MR) is 94.4 cm³/mol. The lowest BCUT2D eigenvalue weighted by molar-refractivity contribution is 0.412. The second kappa shape index (κ2) is 6.08. The van der Waals surface area contributed by atoms with Gasteiger partial charge < -0.3 is 15.2 Å². The van der Waals surface area contributed by atoms with Crippen molar-refractivity contribution in [2.24, 2.45) is 0 Å². The fourth-order valence-corrected chi connectivity index (χ4v) is 3.20. The van der Waals surface area contributed by atoms with Gasteiger partial charge in [0.05, 0.1) is 33.6 Å². The number of thiazole rings is 1. The van der Waals surface area contributed by atoms with Crippen LogP contribution >= 0.6 is 35.2 Å². The maximum atomic E-state index is 6.05. The summed E-state index contributed by atoms with van der Waals surface area (Å²) in [6, 6.07) is 11.0. The molecule has 3 rings (SSSR count). The lowest BCUT2D eigenvalue weighted by Crippen LogP contribution is -2.09. The molecule has 0 unspecified atom stereocenters. The Balaban J connectivity index is 1.92. The van der Waals surface area contributed by atoms with E-state index in [2.05, 4.69) is 4.98 Å². The normalized spacial score (nSPS) is 10.6. The number of rotatable bonds is 3. The first-order chi connectivity index (χ1) is 10.6. The van der Waals surface area contributed by atoms with Gasteiger partial charge in [-0.15, -0.1) is 0 Å². The molecule has 7 heteroatoms. The van der Waals surface area contributed by atoms with Crippen LogP contribution in [0.1, 0.15) is 5.56 Å². The molecular weight excluding hydrogens is 340 g/mol. The van der Waals surface area contributed by atoms with E-state index in [1.165, 1.54) is 18.4 Å². The van der Waals surface area contributed by atoms with Gasteiger partial charge in [0.25, 0.3) is 5.19 Å². The van der Waals surface area contributed by atoms with Crippen molar-refractivity contribution >= 4 is 56.1 Å². The first-order valence-electron chi connectivity index (χ1n) is 6.29. The van der Waals surface area contributed by atoms with Gasteiger partial charge in [0, 0.05) is 6.07 Å². The Bertz CT molecular complexity index is 831. The van der Waals surface area contributed by atoms with Crippen molar-refractivity contribution in [3.05, 3.63) is 47.0 Å². The molecule has 2 N–H and O–H groups in total. The molecule has 4 nitrogen and oxygen atoms in total. The molecule has 22 heavy (non-hydrogen) atoms. The molecule has 0 aliphatic heterocycles. The molecule has 0 aliphatic rings. The summed E-state index contributed by atoms with van der Waals surface area (Å²) in [6.07, 6.45) is 0. The highest BCUT2D eigenvalue weighted by molar-refractivity contribution is 7.80. The van der Waals surface area contributed by atoms with Gasteiger partial charge >= 0.3 is 0 Å². The second-order valence-electron chi connectivity index (χ2n) is 4.41. The van der Waals surface area contributed by atoms with Crippen molar-refractivity contribution in [3.63, 3.8) is 0 Å². The second-order valence-corrected chi connectivity index (χ2v) is 6.18. The standard InChI is InChI=1S/C15H11ClN2O2S2/c1-19-12-7-10(17)9(16)6-8(12)14(21)20-15-18-11-4-2-3-5-13(11)22-15/h2-7H,17H2,1H3. The van der Waals surface area contributed by atoms with E-state index in [9.17, 15) is 0 Å². The molecule has 1 heterocycles. The van der Waals surface area contributed by atoms with Crippen molar-refractivity contribution in [2.75, 3.05) is 12.8 Å². The Kier molecular flexibility index (Phi) is 4.15. The van der Waals surface area contributed by atoms with Gasteiger partial charge in [-0.3, -0.25) is 0 Å². The van der Waals surface area contributed by atoms with E-state index in [0.717, 1.165) is 10.2 Å². The van der Waals surface area contributed by atoms with Crippen LogP contribution < -0.4 is 15.2 Å². The molecule has 0 amide bonds. The largest absolute Gasteiger partial charge is 0.496 e. The Labute approximate surface area is 141 Å². The van der Waals surface area contributed by atoms with E-state index in [0.29, 0.717) is 27.2 Å². The maximum Gasteiger partial charge on any atom is 0.280 e. The third-order valence-corrected chi connectivity index (χ3v) is 4.54. The minimum Gasteiger partial charge on any atom is -0.496 e. The molecule has 0 fully saturated rings. The highest BCUT2D eigenvalue weighted by Crippen LogP contribution is 2.32. The first kappa shape index (κ1) is 15.0. The van der Waals surface area contributed by atoms with Gasteiger partial charge in [-0.25, -0.2) is 4.98 Å². The molecule has 2 aromatic carbocycles. The Hall–Kier alpha value is -1.89. The average molecular weight is 351 g/mol. The number of aromatic nitrogens is 1. The van der Waals surface area contributed by atoms with Crippen LogP contribution in [0.25, 0.3) is 10.2 Å². The van der Waals surface area contributed by atoms with Gasteiger partial charge in [0.15, 0.2) is 0 Å². The van der Waals surface area contributed by atoms with Crippen LogP contribution in [-0.2, 0) is 0 Å². The molecular formula is C15H11ClN2O2S2. The van der Waals surface area contributed by atoms with Gasteiger partial charge in [-0.05, 0) is 30.4 Å². The number of nitrogen functional groups attached to an aromatic ring is 1. The first-order valence-corrected chi connectivity index (χ1v) is 7.89. The SMILES string of the molecule is COc1cc(N)c(Cl)cc1C(=S)Oc1nc2ccccc2s1. The quantitative estimate of drug-likeness (QED) is 0.564. The Morgan fingerprint density at radius 1 is 1.32 bits per heavy atom. The molecule has 0 spiro atoms. The topological polar surface area (TPSA) is 57.4 Å². The number of methoxy groups -OCH3 is 1. The number of para-hydroxylation sites is 1. The fraction of sp³-hybridized carbons (Fsp3) is 0.0667. The van der Waals surface area contributed by atoms with E-state index in [1.54, 1.807) is 12.1 Å². The van der Waals surface area contributed by atoms with E-state index >= 15 is 0 Å². The van der Waals surface area contributed by atoms with E-state index < -0.39 is 0 Å². The van der Waals surface area contributed by atoms with E-state index in [1.807, 2.05) is 24.3 Å². The zero-order valence-electron chi connectivity index (χ0n) is 11.5. The molecule has 112 valence electrons. The summed E-state index contributed by atoms with van der Waals surface area (Å²) in [6.45, 7) is 0. The number of hydrogen-bond donors (Lipinski definition) is 1. The van der Waals surface area contributed by atoms with Gasteiger partial charge in [0.1, 0.15) is 5.75 Å². The number of fused-ring (bicyclic) bond motifs is 1. The summed E-state index contributed by atoms with van der Waals surface area (Å²) in [7, 11) is 1.53. The number of thiocarbonyl (C=S) groups is 1. The highest BCUT2D eigenvalue weighted by Gasteiger charge is 2.15. The number of nitrogens with two attached hydrogens (primary N) is 1. The van der Waals surface area contributed by atoms with Crippen LogP contribution in [0, 0.1) is 0 Å². The van der Waals surface area contributed by atoms with Crippen LogP contribution in [-0.4, -0.2) is 17.1 Å². The average Bonchev–Trinajstić information content (AvgIpc) is 2.91. The minimum absolute atomic E-state index is 0.234. The zero-order chi connectivity index (χ0) is 15.7. The number of halogens is 1. The summed E-state index contributed by atoms with van der Waals surface area (Å²) in [5.74, 6) is 0.507. The number of benzene rings is 2. The van der Waals surface area contributed by atoms with Crippen molar-refractivity contribution in [2.45, 2.75) is 0 Å². The van der Waals surface area contributed by atoms with Crippen LogP contribution in [0.15, 0.2) is 36.4 Å². The number of ether oxygens (including phenoxy) is 2. The third-order valence-electron chi connectivity index (χ3n) is 2.99. The minimum atomic E-state index is 0.234. The molecule has 0 saturated heterocycles. The van der Waals surface area contributed by atoms with Crippen LogP contribution in [0.2, 0.25) is 5.02 Å². The van der Waals surface area contributed by atoms with Crippen LogP contribution in [0.3, 0.4) is 0 Å². The van der Waals surface area contributed by atoms with Crippen molar-refractivity contribution in [1.29, 1.82) is 0 Å². The van der Waals surface area contributed by atoms with Gasteiger partial charge in [-0.1, -0.05) is 35.1 Å². The lowest BCUT2D eigenvalue weighted by Gasteiger charge is -2.11. The van der Waals surface area contributed by atoms with E-state index in [-0.39, 0.29) is 5.05 Å². The molecule has 1 aromatic heterocycles. The lowest BCUT2D eigenvalue weighted by atomic mass is 10.2. The predicted octanol–water partition coefficient (Wildman–Crippen LogP) is 4.30. The maximum absolute atomic E-state index is 6.05.